The first-order valence-corrected chi connectivity index (χ1v) is 10.6. The molecule has 2 heterocycles. The number of nitrogens with one attached hydrogen (secondary N) is 1. The maximum Gasteiger partial charge on any atom is 0.328 e. The number of fused-ring (bicyclic) bond motifs is 3. The second-order valence-electron chi connectivity index (χ2n) is 7.79. The van der Waals surface area contributed by atoms with Crippen molar-refractivity contribution in [2.75, 3.05) is 7.11 Å². The largest absolute Gasteiger partial charge is 0.478 e. The molecule has 1 unspecified atom stereocenters. The normalized spacial score (nSPS) is 15.0. The minimum Gasteiger partial charge on any atom is -0.478 e. The number of ether oxygens (including phenoxy) is 1. The Morgan fingerprint density at radius 1 is 1.21 bits per heavy atom. The van der Waals surface area contributed by atoms with Gasteiger partial charge in [-0.05, 0) is 25.8 Å². The van der Waals surface area contributed by atoms with Gasteiger partial charge in [0.25, 0.3) is 0 Å². The van der Waals surface area contributed by atoms with Gasteiger partial charge in [-0.3, -0.25) is 9.59 Å². The number of carboxylic acids is 2. The van der Waals surface area contributed by atoms with E-state index in [0.29, 0.717) is 18.6 Å². The van der Waals surface area contributed by atoms with Crippen molar-refractivity contribution in [1.82, 2.24) is 14.5 Å². The maximum atomic E-state index is 13.3. The van der Waals surface area contributed by atoms with Gasteiger partial charge in [-0.25, -0.2) is 14.6 Å². The highest BCUT2D eigenvalue weighted by Crippen LogP contribution is 2.35. The van der Waals surface area contributed by atoms with E-state index in [2.05, 4.69) is 9.97 Å². The number of carbonyl (C=O) groups excluding carboxylic acids is 2. The van der Waals surface area contributed by atoms with Crippen LogP contribution in [0.15, 0.2) is 42.7 Å². The number of aromatic amines is 1. The van der Waals surface area contributed by atoms with Crippen LogP contribution in [0.1, 0.15) is 33.9 Å². The summed E-state index contributed by atoms with van der Waals surface area (Å²) in [6, 6.07) is 7.77. The third-order valence-corrected chi connectivity index (χ3v) is 5.68. The molecule has 34 heavy (non-hydrogen) atoms. The number of aryl methyl sites for hydroxylation is 1. The molecule has 0 spiro atoms. The topological polar surface area (TPSA) is 152 Å². The van der Waals surface area contributed by atoms with Crippen LogP contribution in [-0.4, -0.2) is 55.5 Å². The first-order valence-electron chi connectivity index (χ1n) is 10.6. The molecular weight excluding hydrogens is 442 g/mol. The van der Waals surface area contributed by atoms with E-state index in [1.54, 1.807) is 6.33 Å². The number of esters is 1. The third kappa shape index (κ3) is 5.40. The molecule has 10 heteroatoms. The van der Waals surface area contributed by atoms with E-state index in [1.807, 2.05) is 35.8 Å². The van der Waals surface area contributed by atoms with Crippen LogP contribution >= 0.6 is 0 Å². The summed E-state index contributed by atoms with van der Waals surface area (Å²) in [6.45, 7) is 2.10. The van der Waals surface area contributed by atoms with Crippen LogP contribution in [0.25, 0.3) is 10.9 Å². The number of aliphatic carboxylic acids is 2. The van der Waals surface area contributed by atoms with Crippen LogP contribution in [0.3, 0.4) is 0 Å². The first kappa shape index (κ1) is 24.4. The Morgan fingerprint density at radius 3 is 2.47 bits per heavy atom. The molecule has 10 nitrogen and oxygen atoms in total. The van der Waals surface area contributed by atoms with Gasteiger partial charge in [0.05, 0.1) is 19.1 Å². The Morgan fingerprint density at radius 2 is 1.88 bits per heavy atom. The van der Waals surface area contributed by atoms with Crippen LogP contribution in [0.4, 0.5) is 0 Å². The van der Waals surface area contributed by atoms with Crippen molar-refractivity contribution in [2.45, 2.75) is 32.7 Å². The van der Waals surface area contributed by atoms with Crippen LogP contribution in [0, 0.1) is 12.8 Å². The number of hydrogen-bond acceptors (Lipinski definition) is 6. The van der Waals surface area contributed by atoms with Crippen LogP contribution in [0.2, 0.25) is 0 Å². The summed E-state index contributed by atoms with van der Waals surface area (Å²) >= 11 is 0. The van der Waals surface area contributed by atoms with E-state index in [9.17, 15) is 19.2 Å². The molecule has 3 N–H and O–H groups in total. The number of hydrogen-bond donors (Lipinski definition) is 3. The fraction of sp³-hybridized carbons (Fsp3) is 0.292. The highest BCUT2D eigenvalue weighted by molar-refractivity contribution is 6.11. The molecule has 0 aliphatic heterocycles. The molecular formula is C24H25N3O7. The number of nitrogens with zero attached hydrogens (tertiary/aromatic N) is 2. The summed E-state index contributed by atoms with van der Waals surface area (Å²) in [4.78, 5) is 51.7. The Bertz CT molecular complexity index is 1250. The monoisotopic (exact) mass is 467 g/mol. The number of methoxy groups -OCH3 is 1. The second kappa shape index (κ2) is 10.6. The van der Waals surface area contributed by atoms with Crippen molar-refractivity contribution >= 4 is 34.6 Å². The van der Waals surface area contributed by atoms with Crippen molar-refractivity contribution in [3.05, 3.63) is 65.4 Å². The molecule has 178 valence electrons. The highest BCUT2D eigenvalue weighted by atomic mass is 16.5. The Hall–Kier alpha value is -4.21. The standard InChI is InChI=1S/C20H21N3O3.C4H4O4/c1-12-15(22-11-21-12)9-13-7-8-17-19(20(13)25)14-5-3-4-6-16(14)23(17)10-18(24)26-2;5-3(6)1-2-4(7)8/h3-6,11,13H,7-10H2,1-2H3,(H,21,22);1-2H,(H,5,6)(H,7,8). The van der Waals surface area contributed by atoms with Gasteiger partial charge in [-0.15, -0.1) is 0 Å². The molecule has 0 fully saturated rings. The SMILES string of the molecule is COC(=O)Cn1c2c(c3ccccc31)C(=O)C(Cc1nc[nH]c1C)CC2.O=C(O)C=CC(=O)O. The first-order chi connectivity index (χ1) is 16.2. The van der Waals surface area contributed by atoms with Gasteiger partial charge >= 0.3 is 17.9 Å². The predicted molar refractivity (Wildman–Crippen MR) is 122 cm³/mol. The van der Waals surface area contributed by atoms with Gasteiger partial charge in [0, 0.05) is 52.3 Å². The van der Waals surface area contributed by atoms with Crippen LogP contribution in [0.5, 0.6) is 0 Å². The van der Waals surface area contributed by atoms with E-state index >= 15 is 0 Å². The van der Waals surface area contributed by atoms with Gasteiger partial charge in [-0.1, -0.05) is 18.2 Å². The van der Waals surface area contributed by atoms with Crippen LogP contribution < -0.4 is 0 Å². The number of aromatic nitrogens is 3. The van der Waals surface area contributed by atoms with Gasteiger partial charge < -0.3 is 24.5 Å². The summed E-state index contributed by atoms with van der Waals surface area (Å²) < 4.78 is 6.77. The summed E-state index contributed by atoms with van der Waals surface area (Å²) in [5.41, 5.74) is 4.57. The summed E-state index contributed by atoms with van der Waals surface area (Å²) in [6.07, 6.45) is 4.96. The summed E-state index contributed by atoms with van der Waals surface area (Å²) in [5, 5.41) is 16.5. The Kier molecular flexibility index (Phi) is 7.62. The number of imidazole rings is 1. The highest BCUT2D eigenvalue weighted by Gasteiger charge is 2.33. The molecule has 4 rings (SSSR count). The van der Waals surface area contributed by atoms with Gasteiger partial charge in [0.1, 0.15) is 6.54 Å². The van der Waals surface area contributed by atoms with E-state index in [4.69, 9.17) is 14.9 Å². The number of ketones is 1. The molecule has 3 aromatic rings. The van der Waals surface area contributed by atoms with Gasteiger partial charge in [0.15, 0.2) is 5.78 Å². The van der Waals surface area contributed by atoms with Gasteiger partial charge in [0.2, 0.25) is 0 Å². The van der Waals surface area contributed by atoms with Crippen LogP contribution in [-0.2, 0) is 38.5 Å². The summed E-state index contributed by atoms with van der Waals surface area (Å²) in [7, 11) is 1.38. The number of para-hydroxylation sites is 1. The quantitative estimate of drug-likeness (QED) is 0.369. The minimum absolute atomic E-state index is 0.0816. The number of carbonyl (C=O) groups is 4. The Labute approximate surface area is 194 Å². The molecule has 1 aliphatic rings. The number of rotatable bonds is 6. The second-order valence-corrected chi connectivity index (χ2v) is 7.79. The van der Waals surface area contributed by atoms with Crippen molar-refractivity contribution in [2.24, 2.45) is 5.92 Å². The fourth-order valence-electron chi connectivity index (χ4n) is 4.08. The zero-order chi connectivity index (χ0) is 24.8. The lowest BCUT2D eigenvalue weighted by atomic mass is 9.82. The number of H-pyrrole nitrogens is 1. The number of carboxylic acid groups (broad SMARTS) is 2. The smallest absolute Gasteiger partial charge is 0.328 e. The van der Waals surface area contributed by atoms with Crippen molar-refractivity contribution in [3.63, 3.8) is 0 Å². The molecule has 0 saturated heterocycles. The molecule has 1 aromatic carbocycles. The zero-order valence-electron chi connectivity index (χ0n) is 18.8. The number of Topliss-reactive ketones (excluding diaryl/α,β-unsaturated/α-hetero) is 1. The van der Waals surface area contributed by atoms with E-state index in [-0.39, 0.29) is 24.2 Å². The third-order valence-electron chi connectivity index (χ3n) is 5.68. The minimum atomic E-state index is -1.26. The molecule has 0 saturated carbocycles. The van der Waals surface area contributed by atoms with E-state index in [0.717, 1.165) is 46.4 Å². The molecule has 0 radical (unpaired) electrons. The average Bonchev–Trinajstić information content (AvgIpc) is 3.36. The average molecular weight is 467 g/mol. The lowest BCUT2D eigenvalue weighted by molar-refractivity contribution is -0.141. The summed E-state index contributed by atoms with van der Waals surface area (Å²) in [5.74, 6) is -2.76. The lowest BCUT2D eigenvalue weighted by Gasteiger charge is -2.22. The predicted octanol–water partition coefficient (Wildman–Crippen LogP) is 2.55. The molecule has 1 atom stereocenters. The Balaban J connectivity index is 0.000000350. The fourth-order valence-corrected chi connectivity index (χ4v) is 4.08. The molecule has 2 aromatic heterocycles. The molecule has 0 amide bonds. The van der Waals surface area contributed by atoms with Crippen molar-refractivity contribution in [1.29, 1.82) is 0 Å². The zero-order valence-corrected chi connectivity index (χ0v) is 18.8. The maximum absolute atomic E-state index is 13.3. The molecule has 0 bridgehead atoms. The van der Waals surface area contributed by atoms with Crippen molar-refractivity contribution in [3.8, 4) is 0 Å². The number of benzene rings is 1. The van der Waals surface area contributed by atoms with Gasteiger partial charge in [-0.2, -0.15) is 0 Å². The van der Waals surface area contributed by atoms with E-state index in [1.165, 1.54) is 7.11 Å². The van der Waals surface area contributed by atoms with Crippen molar-refractivity contribution < 1.29 is 34.1 Å². The molecule has 1 aliphatic carbocycles. The van der Waals surface area contributed by atoms with E-state index < -0.39 is 11.9 Å². The lowest BCUT2D eigenvalue weighted by Crippen LogP contribution is -2.26.